The first-order chi connectivity index (χ1) is 7.15. The van der Waals surface area contributed by atoms with Gasteiger partial charge in [-0.2, -0.15) is 0 Å². The second kappa shape index (κ2) is 5.58. The number of halogens is 1. The second-order valence-electron chi connectivity index (χ2n) is 2.91. The maximum absolute atomic E-state index is 11.5. The Balaban J connectivity index is 2.68. The lowest BCUT2D eigenvalue weighted by Crippen LogP contribution is -2.27. The number of hydrogen-bond donors (Lipinski definition) is 2. The molecule has 0 bridgehead atoms. The van der Waals surface area contributed by atoms with Gasteiger partial charge in [-0.3, -0.25) is 4.79 Å². The van der Waals surface area contributed by atoms with E-state index in [4.69, 9.17) is 16.3 Å². The highest BCUT2D eigenvalue weighted by molar-refractivity contribution is 6.33. The van der Waals surface area contributed by atoms with Crippen molar-refractivity contribution in [1.82, 2.24) is 5.32 Å². The molecule has 0 fully saturated rings. The molecule has 4 nitrogen and oxygen atoms in total. The van der Waals surface area contributed by atoms with Gasteiger partial charge in [-0.15, -0.1) is 0 Å². The molecule has 0 radical (unpaired) electrons. The third-order valence-corrected chi connectivity index (χ3v) is 2.12. The smallest absolute Gasteiger partial charge is 0.253 e. The molecule has 0 aliphatic rings. The summed E-state index contributed by atoms with van der Waals surface area (Å²) in [6.45, 7) is 0.837. The van der Waals surface area contributed by atoms with Crippen LogP contribution in [0.25, 0.3) is 0 Å². The van der Waals surface area contributed by atoms with Gasteiger partial charge in [0.05, 0.1) is 17.2 Å². The Hall–Kier alpha value is -1.26. The Bertz CT molecular complexity index is 355. The fourth-order valence-electron chi connectivity index (χ4n) is 1.05. The highest BCUT2D eigenvalue weighted by Gasteiger charge is 2.10. The normalized spacial score (nSPS) is 10.0. The Morgan fingerprint density at radius 2 is 2.33 bits per heavy atom. The molecule has 0 saturated carbocycles. The molecule has 0 spiro atoms. The minimum atomic E-state index is -0.326. The largest absolute Gasteiger partial charge is 0.508 e. The van der Waals surface area contributed by atoms with Gasteiger partial charge in [0.25, 0.3) is 5.91 Å². The summed E-state index contributed by atoms with van der Waals surface area (Å²) in [6, 6.07) is 4.22. The molecule has 82 valence electrons. The molecule has 0 unspecified atom stereocenters. The average molecular weight is 230 g/mol. The van der Waals surface area contributed by atoms with E-state index in [1.807, 2.05) is 0 Å². The number of rotatable bonds is 4. The van der Waals surface area contributed by atoms with Crippen molar-refractivity contribution in [3.8, 4) is 5.75 Å². The number of ether oxygens (including phenoxy) is 1. The van der Waals surface area contributed by atoms with E-state index < -0.39 is 0 Å². The summed E-state index contributed by atoms with van der Waals surface area (Å²) in [5.74, 6) is -0.316. The molecule has 1 amide bonds. The molecule has 1 rings (SSSR count). The van der Waals surface area contributed by atoms with Crippen molar-refractivity contribution in [2.75, 3.05) is 20.3 Å². The maximum atomic E-state index is 11.5. The summed E-state index contributed by atoms with van der Waals surface area (Å²) in [5, 5.41) is 12.1. The molecule has 0 aliphatic carbocycles. The summed E-state index contributed by atoms with van der Waals surface area (Å²) in [7, 11) is 1.55. The number of amides is 1. The minimum absolute atomic E-state index is 0.0105. The van der Waals surface area contributed by atoms with Gasteiger partial charge in [0.15, 0.2) is 0 Å². The third-order valence-electron chi connectivity index (χ3n) is 1.79. The van der Waals surface area contributed by atoms with Crippen LogP contribution in [-0.2, 0) is 4.74 Å². The first-order valence-electron chi connectivity index (χ1n) is 4.41. The van der Waals surface area contributed by atoms with E-state index >= 15 is 0 Å². The van der Waals surface area contributed by atoms with Crippen LogP contribution in [0.3, 0.4) is 0 Å². The molecule has 0 aliphatic heterocycles. The van der Waals surface area contributed by atoms with Crippen LogP contribution in [-0.4, -0.2) is 31.3 Å². The van der Waals surface area contributed by atoms with Crippen LogP contribution >= 0.6 is 11.6 Å². The van der Waals surface area contributed by atoms with Gasteiger partial charge in [0.1, 0.15) is 5.75 Å². The van der Waals surface area contributed by atoms with Gasteiger partial charge in [-0.05, 0) is 18.2 Å². The number of aromatic hydroxyl groups is 1. The molecule has 2 N–H and O–H groups in total. The standard InChI is InChI=1S/C10H12ClNO3/c1-15-5-4-12-10(14)8-6-7(13)2-3-9(8)11/h2-3,6,13H,4-5H2,1H3,(H,12,14). The Morgan fingerprint density at radius 3 is 3.00 bits per heavy atom. The SMILES string of the molecule is COCCNC(=O)c1cc(O)ccc1Cl. The van der Waals surface area contributed by atoms with Crippen LogP contribution in [0.15, 0.2) is 18.2 Å². The summed E-state index contributed by atoms with van der Waals surface area (Å²) in [5.41, 5.74) is 0.257. The maximum Gasteiger partial charge on any atom is 0.253 e. The first kappa shape index (κ1) is 11.8. The van der Waals surface area contributed by atoms with Gasteiger partial charge in [0, 0.05) is 13.7 Å². The van der Waals surface area contributed by atoms with Crippen molar-refractivity contribution in [1.29, 1.82) is 0 Å². The Kier molecular flexibility index (Phi) is 4.39. The first-order valence-corrected chi connectivity index (χ1v) is 4.78. The van der Waals surface area contributed by atoms with E-state index in [0.29, 0.717) is 18.2 Å². The minimum Gasteiger partial charge on any atom is -0.508 e. The van der Waals surface area contributed by atoms with E-state index in [0.717, 1.165) is 0 Å². The fraction of sp³-hybridized carbons (Fsp3) is 0.300. The van der Waals surface area contributed by atoms with Crippen LogP contribution in [0.1, 0.15) is 10.4 Å². The van der Waals surface area contributed by atoms with E-state index in [9.17, 15) is 9.90 Å². The van der Waals surface area contributed by atoms with Crippen molar-refractivity contribution in [2.24, 2.45) is 0 Å². The van der Waals surface area contributed by atoms with Crippen molar-refractivity contribution >= 4 is 17.5 Å². The van der Waals surface area contributed by atoms with Crippen molar-refractivity contribution in [2.45, 2.75) is 0 Å². The molecule has 1 aromatic rings. The number of phenolic OH excluding ortho intramolecular Hbond substituents is 1. The quantitative estimate of drug-likeness (QED) is 0.768. The van der Waals surface area contributed by atoms with E-state index in [1.54, 1.807) is 7.11 Å². The predicted molar refractivity (Wildman–Crippen MR) is 57.3 cm³/mol. The molecular weight excluding hydrogens is 218 g/mol. The monoisotopic (exact) mass is 229 g/mol. The number of carbonyl (C=O) groups is 1. The van der Waals surface area contributed by atoms with Gasteiger partial charge >= 0.3 is 0 Å². The second-order valence-corrected chi connectivity index (χ2v) is 3.32. The van der Waals surface area contributed by atoms with Crippen molar-refractivity contribution in [3.05, 3.63) is 28.8 Å². The average Bonchev–Trinajstić information content (AvgIpc) is 2.22. The van der Waals surface area contributed by atoms with Crippen LogP contribution in [0.5, 0.6) is 5.75 Å². The Morgan fingerprint density at radius 1 is 1.60 bits per heavy atom. The summed E-state index contributed by atoms with van der Waals surface area (Å²) in [6.07, 6.45) is 0. The zero-order chi connectivity index (χ0) is 11.3. The van der Waals surface area contributed by atoms with Crippen LogP contribution in [0.4, 0.5) is 0 Å². The molecule has 0 atom stereocenters. The van der Waals surface area contributed by atoms with E-state index in [1.165, 1.54) is 18.2 Å². The van der Waals surface area contributed by atoms with Crippen molar-refractivity contribution in [3.63, 3.8) is 0 Å². The highest BCUT2D eigenvalue weighted by Crippen LogP contribution is 2.20. The van der Waals surface area contributed by atoms with Gasteiger partial charge in [0.2, 0.25) is 0 Å². The van der Waals surface area contributed by atoms with Gasteiger partial charge in [-0.1, -0.05) is 11.6 Å². The van der Waals surface area contributed by atoms with E-state index in [-0.39, 0.29) is 17.2 Å². The van der Waals surface area contributed by atoms with Crippen molar-refractivity contribution < 1.29 is 14.6 Å². The highest BCUT2D eigenvalue weighted by atomic mass is 35.5. The van der Waals surface area contributed by atoms with E-state index in [2.05, 4.69) is 5.32 Å². The molecule has 15 heavy (non-hydrogen) atoms. The third kappa shape index (κ3) is 3.42. The lowest BCUT2D eigenvalue weighted by atomic mass is 10.2. The molecular formula is C10H12ClNO3. The van der Waals surface area contributed by atoms with Gasteiger partial charge < -0.3 is 15.2 Å². The zero-order valence-corrected chi connectivity index (χ0v) is 9.04. The zero-order valence-electron chi connectivity index (χ0n) is 8.29. The Labute approximate surface area is 92.8 Å². The lowest BCUT2D eigenvalue weighted by Gasteiger charge is -2.06. The van der Waals surface area contributed by atoms with Crippen LogP contribution < -0.4 is 5.32 Å². The van der Waals surface area contributed by atoms with Gasteiger partial charge in [-0.25, -0.2) is 0 Å². The molecule has 1 aromatic carbocycles. The predicted octanol–water partition coefficient (Wildman–Crippen LogP) is 1.42. The number of methoxy groups -OCH3 is 1. The molecule has 0 saturated heterocycles. The summed E-state index contributed by atoms with van der Waals surface area (Å²) in [4.78, 5) is 11.5. The number of phenols is 1. The fourth-order valence-corrected chi connectivity index (χ4v) is 1.25. The summed E-state index contributed by atoms with van der Waals surface area (Å²) >= 11 is 5.80. The van der Waals surface area contributed by atoms with Crippen LogP contribution in [0.2, 0.25) is 5.02 Å². The number of nitrogens with one attached hydrogen (secondary N) is 1. The number of carbonyl (C=O) groups excluding carboxylic acids is 1. The topological polar surface area (TPSA) is 58.6 Å². The van der Waals surface area contributed by atoms with Crippen LogP contribution in [0, 0.1) is 0 Å². The lowest BCUT2D eigenvalue weighted by molar-refractivity contribution is 0.0937. The molecule has 0 aromatic heterocycles. The molecule has 5 heteroatoms. The summed E-state index contributed by atoms with van der Waals surface area (Å²) < 4.78 is 4.78. The molecule has 0 heterocycles. The number of hydrogen-bond acceptors (Lipinski definition) is 3. The number of benzene rings is 1.